The molecule has 3 aromatic rings. The van der Waals surface area contributed by atoms with Crippen molar-refractivity contribution in [3.63, 3.8) is 0 Å². The number of nitrogens with zero attached hydrogens (tertiary/aromatic N) is 3. The molecular formula is C23H23N5O. The van der Waals surface area contributed by atoms with Crippen LogP contribution >= 0.6 is 0 Å². The molecule has 29 heavy (non-hydrogen) atoms. The summed E-state index contributed by atoms with van der Waals surface area (Å²) >= 11 is 0. The first-order chi connectivity index (χ1) is 14.3. The van der Waals surface area contributed by atoms with Crippen LogP contribution in [0, 0.1) is 5.92 Å². The van der Waals surface area contributed by atoms with Crippen molar-refractivity contribution in [3.8, 4) is 11.5 Å². The molecule has 5 rings (SSSR count). The SMILES string of the molecule is Nc1ncnc2c1C(c1ccc(Oc3ccccc3)cc1)=NC2C1CCCNC1. The van der Waals surface area contributed by atoms with Crippen LogP contribution in [0.1, 0.15) is 35.7 Å². The Bertz CT molecular complexity index is 1030. The van der Waals surface area contributed by atoms with E-state index in [2.05, 4.69) is 15.3 Å². The smallest absolute Gasteiger partial charge is 0.136 e. The third-order valence-electron chi connectivity index (χ3n) is 5.58. The zero-order valence-electron chi connectivity index (χ0n) is 16.1. The number of hydrogen-bond acceptors (Lipinski definition) is 6. The van der Waals surface area contributed by atoms with Gasteiger partial charge < -0.3 is 15.8 Å². The minimum Gasteiger partial charge on any atom is -0.457 e. The number of nitrogen functional groups attached to an aromatic ring is 1. The van der Waals surface area contributed by atoms with Crippen LogP contribution in [0.15, 0.2) is 65.9 Å². The molecule has 6 heteroatoms. The van der Waals surface area contributed by atoms with Crippen molar-refractivity contribution in [2.45, 2.75) is 18.9 Å². The number of piperidine rings is 1. The first-order valence-electron chi connectivity index (χ1n) is 10.0. The molecule has 2 aromatic carbocycles. The van der Waals surface area contributed by atoms with Crippen molar-refractivity contribution in [2.24, 2.45) is 10.9 Å². The topological polar surface area (TPSA) is 85.4 Å². The summed E-state index contributed by atoms with van der Waals surface area (Å²) in [5.74, 6) is 2.51. The summed E-state index contributed by atoms with van der Waals surface area (Å²) in [6.45, 7) is 2.02. The summed E-state index contributed by atoms with van der Waals surface area (Å²) in [6, 6.07) is 17.7. The maximum Gasteiger partial charge on any atom is 0.136 e. The summed E-state index contributed by atoms with van der Waals surface area (Å²) in [5.41, 5.74) is 9.95. The Morgan fingerprint density at radius 2 is 1.76 bits per heavy atom. The van der Waals surface area contributed by atoms with Gasteiger partial charge in [-0.1, -0.05) is 18.2 Å². The molecule has 2 aliphatic rings. The van der Waals surface area contributed by atoms with Crippen LogP contribution in [-0.2, 0) is 0 Å². The van der Waals surface area contributed by atoms with Gasteiger partial charge >= 0.3 is 0 Å². The molecule has 1 fully saturated rings. The molecule has 146 valence electrons. The van der Waals surface area contributed by atoms with Crippen molar-refractivity contribution >= 4 is 11.5 Å². The molecule has 2 aliphatic heterocycles. The number of aromatic nitrogens is 2. The zero-order valence-corrected chi connectivity index (χ0v) is 16.1. The second-order valence-electron chi connectivity index (χ2n) is 7.49. The molecule has 1 aromatic heterocycles. The van der Waals surface area contributed by atoms with E-state index in [-0.39, 0.29) is 6.04 Å². The number of nitrogens with two attached hydrogens (primary N) is 1. The lowest BCUT2D eigenvalue weighted by Gasteiger charge is -2.26. The van der Waals surface area contributed by atoms with Crippen molar-refractivity contribution in [2.75, 3.05) is 18.8 Å². The van der Waals surface area contributed by atoms with E-state index < -0.39 is 0 Å². The molecular weight excluding hydrogens is 362 g/mol. The summed E-state index contributed by atoms with van der Waals surface area (Å²) in [4.78, 5) is 13.9. The van der Waals surface area contributed by atoms with E-state index in [1.807, 2.05) is 54.6 Å². The Morgan fingerprint density at radius 1 is 0.966 bits per heavy atom. The number of hydrogen-bond donors (Lipinski definition) is 2. The molecule has 0 saturated carbocycles. The average molecular weight is 385 g/mol. The van der Waals surface area contributed by atoms with Crippen LogP contribution in [0.4, 0.5) is 5.82 Å². The van der Waals surface area contributed by atoms with Gasteiger partial charge in [0, 0.05) is 12.1 Å². The second-order valence-corrected chi connectivity index (χ2v) is 7.49. The molecule has 2 atom stereocenters. The molecule has 1 saturated heterocycles. The highest BCUT2D eigenvalue weighted by Crippen LogP contribution is 2.39. The number of aliphatic imine (C=N–C) groups is 1. The Labute approximate surface area is 169 Å². The Hall–Kier alpha value is -3.25. The highest BCUT2D eigenvalue weighted by molar-refractivity contribution is 6.17. The minimum atomic E-state index is 0.0262. The number of fused-ring (bicyclic) bond motifs is 1. The molecule has 0 bridgehead atoms. The van der Waals surface area contributed by atoms with Gasteiger partial charge in [0.05, 0.1) is 23.0 Å². The molecule has 2 unspecified atom stereocenters. The van der Waals surface area contributed by atoms with Crippen molar-refractivity contribution in [1.29, 1.82) is 0 Å². The van der Waals surface area contributed by atoms with Gasteiger partial charge in [-0.25, -0.2) is 9.97 Å². The predicted octanol–water partition coefficient (Wildman–Crippen LogP) is 3.74. The van der Waals surface area contributed by atoms with Gasteiger partial charge in [-0.2, -0.15) is 0 Å². The van der Waals surface area contributed by atoms with Gasteiger partial charge in [-0.3, -0.25) is 4.99 Å². The summed E-state index contributed by atoms with van der Waals surface area (Å²) in [5, 5.41) is 3.48. The van der Waals surface area contributed by atoms with Crippen LogP contribution < -0.4 is 15.8 Å². The Kier molecular flexibility index (Phi) is 4.69. The van der Waals surface area contributed by atoms with Gasteiger partial charge in [-0.15, -0.1) is 0 Å². The molecule has 3 heterocycles. The van der Waals surface area contributed by atoms with Crippen LogP contribution in [0.25, 0.3) is 0 Å². The fourth-order valence-electron chi connectivity index (χ4n) is 4.15. The van der Waals surface area contributed by atoms with Crippen molar-refractivity contribution in [1.82, 2.24) is 15.3 Å². The van der Waals surface area contributed by atoms with E-state index in [9.17, 15) is 0 Å². The lowest BCUT2D eigenvalue weighted by molar-refractivity contribution is 0.327. The molecule has 0 amide bonds. The second kappa shape index (κ2) is 7.64. The third kappa shape index (κ3) is 3.47. The van der Waals surface area contributed by atoms with Gasteiger partial charge in [0.15, 0.2) is 0 Å². The van der Waals surface area contributed by atoms with Gasteiger partial charge in [0.2, 0.25) is 0 Å². The van der Waals surface area contributed by atoms with E-state index in [4.69, 9.17) is 15.5 Å². The molecule has 0 spiro atoms. The molecule has 0 radical (unpaired) electrons. The van der Waals surface area contributed by atoms with Crippen molar-refractivity contribution in [3.05, 3.63) is 77.7 Å². The van der Waals surface area contributed by atoms with E-state index in [1.165, 1.54) is 0 Å². The normalized spacial score (nSPS) is 20.8. The van der Waals surface area contributed by atoms with Crippen molar-refractivity contribution < 1.29 is 4.74 Å². The van der Waals surface area contributed by atoms with E-state index >= 15 is 0 Å². The molecule has 6 nitrogen and oxygen atoms in total. The Balaban J connectivity index is 1.46. The van der Waals surface area contributed by atoms with Gasteiger partial charge in [-0.05, 0) is 61.7 Å². The minimum absolute atomic E-state index is 0.0262. The average Bonchev–Trinajstić information content (AvgIpc) is 3.17. The first kappa shape index (κ1) is 17.8. The van der Waals surface area contributed by atoms with Gasteiger partial charge in [0.1, 0.15) is 23.6 Å². The van der Waals surface area contributed by atoms with Crippen LogP contribution in [0.2, 0.25) is 0 Å². The summed E-state index contributed by atoms with van der Waals surface area (Å²) in [7, 11) is 0. The van der Waals surface area contributed by atoms with Crippen LogP contribution in [0.5, 0.6) is 11.5 Å². The number of anilines is 1. The van der Waals surface area contributed by atoms with E-state index in [0.717, 1.165) is 60.0 Å². The predicted molar refractivity (Wildman–Crippen MR) is 113 cm³/mol. The third-order valence-corrected chi connectivity index (χ3v) is 5.58. The lowest BCUT2D eigenvalue weighted by Crippen LogP contribution is -2.32. The molecule has 0 aliphatic carbocycles. The zero-order chi connectivity index (χ0) is 19.6. The fraction of sp³-hybridized carbons (Fsp3) is 0.261. The lowest BCUT2D eigenvalue weighted by atomic mass is 9.89. The highest BCUT2D eigenvalue weighted by Gasteiger charge is 2.35. The van der Waals surface area contributed by atoms with E-state index in [0.29, 0.717) is 11.7 Å². The maximum atomic E-state index is 6.25. The molecule has 3 N–H and O–H groups in total. The summed E-state index contributed by atoms with van der Waals surface area (Å²) < 4.78 is 5.91. The number of para-hydroxylation sites is 1. The highest BCUT2D eigenvalue weighted by atomic mass is 16.5. The largest absolute Gasteiger partial charge is 0.457 e. The number of ether oxygens (including phenoxy) is 1. The quantitative estimate of drug-likeness (QED) is 0.714. The maximum absolute atomic E-state index is 6.25. The van der Waals surface area contributed by atoms with E-state index in [1.54, 1.807) is 6.33 Å². The monoisotopic (exact) mass is 385 g/mol. The van der Waals surface area contributed by atoms with Crippen LogP contribution in [-0.4, -0.2) is 28.8 Å². The number of nitrogens with one attached hydrogen (secondary N) is 1. The fourth-order valence-corrected chi connectivity index (χ4v) is 4.15. The first-order valence-corrected chi connectivity index (χ1v) is 10.0. The number of rotatable bonds is 4. The Morgan fingerprint density at radius 3 is 2.52 bits per heavy atom. The van der Waals surface area contributed by atoms with Crippen LogP contribution in [0.3, 0.4) is 0 Å². The number of benzene rings is 2. The van der Waals surface area contributed by atoms with Gasteiger partial charge in [0.25, 0.3) is 0 Å². The summed E-state index contributed by atoms with van der Waals surface area (Å²) in [6.07, 6.45) is 3.85. The standard InChI is InChI=1S/C23H23N5O/c24-23-19-20(15-8-10-18(11-9-15)29-17-6-2-1-3-7-17)28-21(22(19)26-14-27-23)16-5-4-12-25-13-16/h1-3,6-11,14,16,21,25H,4-5,12-13H2,(H2,24,26,27).